The summed E-state index contributed by atoms with van der Waals surface area (Å²) in [6, 6.07) is 9.21. The third-order valence-corrected chi connectivity index (χ3v) is 4.99. The normalized spacial score (nSPS) is 11.3. The van der Waals surface area contributed by atoms with E-state index in [1.54, 1.807) is 22.4 Å². The van der Waals surface area contributed by atoms with Crippen LogP contribution >= 0.6 is 0 Å². The van der Waals surface area contributed by atoms with Crippen molar-refractivity contribution in [3.63, 3.8) is 0 Å². The van der Waals surface area contributed by atoms with E-state index in [1.165, 1.54) is 0 Å². The Morgan fingerprint density at radius 2 is 1.93 bits per heavy atom. The van der Waals surface area contributed by atoms with Crippen LogP contribution in [-0.4, -0.2) is 26.4 Å². The molecule has 0 aliphatic rings. The second kappa shape index (κ2) is 6.67. The predicted octanol–water partition coefficient (Wildman–Crippen LogP) is 3.37. The molecule has 28 heavy (non-hydrogen) atoms. The maximum Gasteiger partial charge on any atom is 0.252 e. The van der Waals surface area contributed by atoms with Gasteiger partial charge in [-0.15, -0.1) is 0 Å². The highest BCUT2D eigenvalue weighted by Crippen LogP contribution is 2.30. The number of methoxy groups -OCH3 is 1. The molecule has 0 amide bonds. The minimum absolute atomic E-state index is 0.0887. The molecule has 0 spiro atoms. The van der Waals surface area contributed by atoms with Crippen LogP contribution in [0.1, 0.15) is 22.7 Å². The van der Waals surface area contributed by atoms with E-state index in [9.17, 15) is 4.79 Å². The van der Waals surface area contributed by atoms with Gasteiger partial charge in [0.1, 0.15) is 22.9 Å². The number of rotatable bonds is 4. The summed E-state index contributed by atoms with van der Waals surface area (Å²) in [5.74, 6) is 1.83. The smallest absolute Gasteiger partial charge is 0.252 e. The van der Waals surface area contributed by atoms with Crippen molar-refractivity contribution in [3.05, 3.63) is 63.4 Å². The molecule has 4 rings (SSSR count). The molecule has 0 N–H and O–H groups in total. The lowest BCUT2D eigenvalue weighted by Crippen LogP contribution is -2.22. The zero-order valence-corrected chi connectivity index (χ0v) is 16.6. The molecular formula is C21H22N4O3. The SMILES string of the molecule is COc1ccccc1-c1nc(Cn2c(=O)cc(C)c3c(C)nn(C)c32)c(C)o1. The van der Waals surface area contributed by atoms with Crippen LogP contribution in [0.2, 0.25) is 0 Å². The van der Waals surface area contributed by atoms with E-state index in [4.69, 9.17) is 9.15 Å². The van der Waals surface area contributed by atoms with Gasteiger partial charge in [-0.05, 0) is 38.5 Å². The highest BCUT2D eigenvalue weighted by atomic mass is 16.5. The van der Waals surface area contributed by atoms with Crippen LogP contribution in [0.3, 0.4) is 0 Å². The fourth-order valence-electron chi connectivity index (χ4n) is 3.67. The summed E-state index contributed by atoms with van der Waals surface area (Å²) >= 11 is 0. The minimum atomic E-state index is -0.0887. The summed E-state index contributed by atoms with van der Waals surface area (Å²) in [6.45, 7) is 6.04. The lowest BCUT2D eigenvalue weighted by Gasteiger charge is -2.09. The van der Waals surface area contributed by atoms with Gasteiger partial charge >= 0.3 is 0 Å². The van der Waals surface area contributed by atoms with Gasteiger partial charge in [0, 0.05) is 18.5 Å². The minimum Gasteiger partial charge on any atom is -0.496 e. The summed E-state index contributed by atoms with van der Waals surface area (Å²) in [4.78, 5) is 17.4. The fraction of sp³-hybridized carbons (Fsp3) is 0.286. The van der Waals surface area contributed by atoms with Crippen LogP contribution in [-0.2, 0) is 13.6 Å². The van der Waals surface area contributed by atoms with Crippen LogP contribution in [0.25, 0.3) is 22.5 Å². The fourth-order valence-corrected chi connectivity index (χ4v) is 3.67. The lowest BCUT2D eigenvalue weighted by molar-refractivity contribution is 0.414. The number of ether oxygens (including phenoxy) is 1. The number of aryl methyl sites for hydroxylation is 4. The zero-order chi connectivity index (χ0) is 20.0. The van der Waals surface area contributed by atoms with Crippen molar-refractivity contribution >= 4 is 11.0 Å². The van der Waals surface area contributed by atoms with Gasteiger partial charge in [-0.3, -0.25) is 14.0 Å². The van der Waals surface area contributed by atoms with E-state index in [-0.39, 0.29) is 5.56 Å². The monoisotopic (exact) mass is 378 g/mol. The first-order valence-electron chi connectivity index (χ1n) is 9.04. The van der Waals surface area contributed by atoms with Crippen LogP contribution in [0, 0.1) is 20.8 Å². The second-order valence-electron chi connectivity index (χ2n) is 6.88. The second-order valence-corrected chi connectivity index (χ2v) is 6.88. The molecule has 0 bridgehead atoms. The molecule has 0 unspecified atom stereocenters. The van der Waals surface area contributed by atoms with Crippen molar-refractivity contribution in [2.24, 2.45) is 7.05 Å². The molecule has 0 aliphatic carbocycles. The van der Waals surface area contributed by atoms with E-state index in [0.29, 0.717) is 29.6 Å². The van der Waals surface area contributed by atoms with Gasteiger partial charge in [0.15, 0.2) is 0 Å². The molecule has 7 heteroatoms. The molecule has 0 radical (unpaired) electrons. The maximum atomic E-state index is 12.8. The van der Waals surface area contributed by atoms with Gasteiger partial charge < -0.3 is 9.15 Å². The number of hydrogen-bond acceptors (Lipinski definition) is 5. The molecule has 144 valence electrons. The molecule has 3 aromatic heterocycles. The Hall–Kier alpha value is -3.35. The first-order valence-corrected chi connectivity index (χ1v) is 9.04. The molecule has 7 nitrogen and oxygen atoms in total. The number of oxazole rings is 1. The average Bonchev–Trinajstić information content (AvgIpc) is 3.17. The summed E-state index contributed by atoms with van der Waals surface area (Å²) in [5, 5.41) is 5.48. The predicted molar refractivity (Wildman–Crippen MR) is 107 cm³/mol. The standard InChI is InChI=1S/C21H22N4O3/c1-12-10-18(26)25(21-19(12)13(2)23-24(21)4)11-16-14(3)28-20(22-16)15-8-6-7-9-17(15)27-5/h6-10H,11H2,1-5H3. The molecule has 1 aromatic carbocycles. The van der Waals surface area contributed by atoms with Gasteiger partial charge in [-0.25, -0.2) is 4.98 Å². The third kappa shape index (κ3) is 2.79. The summed E-state index contributed by atoms with van der Waals surface area (Å²) in [7, 11) is 3.46. The Morgan fingerprint density at radius 1 is 1.18 bits per heavy atom. The van der Waals surface area contributed by atoms with Crippen LogP contribution in [0.4, 0.5) is 0 Å². The molecule has 0 atom stereocenters. The van der Waals surface area contributed by atoms with E-state index in [0.717, 1.165) is 27.9 Å². The van der Waals surface area contributed by atoms with Crippen molar-refractivity contribution in [3.8, 4) is 17.2 Å². The topological polar surface area (TPSA) is 75.1 Å². The number of para-hydroxylation sites is 1. The number of hydrogen-bond donors (Lipinski definition) is 0. The van der Waals surface area contributed by atoms with Crippen LogP contribution in [0.5, 0.6) is 5.75 Å². The van der Waals surface area contributed by atoms with E-state index in [1.807, 2.05) is 52.1 Å². The van der Waals surface area contributed by atoms with Crippen molar-refractivity contribution in [2.75, 3.05) is 7.11 Å². The Morgan fingerprint density at radius 3 is 2.68 bits per heavy atom. The molecule has 0 aliphatic heterocycles. The first kappa shape index (κ1) is 18.0. The maximum absolute atomic E-state index is 12.8. The number of nitrogens with zero attached hydrogens (tertiary/aromatic N) is 4. The molecule has 0 saturated heterocycles. The molecule has 3 heterocycles. The van der Waals surface area contributed by atoms with Gasteiger partial charge in [0.05, 0.1) is 24.9 Å². The zero-order valence-electron chi connectivity index (χ0n) is 16.6. The van der Waals surface area contributed by atoms with E-state index in [2.05, 4.69) is 10.1 Å². The van der Waals surface area contributed by atoms with Crippen LogP contribution < -0.4 is 10.3 Å². The number of benzene rings is 1. The van der Waals surface area contributed by atoms with E-state index >= 15 is 0 Å². The summed E-state index contributed by atoms with van der Waals surface area (Å²) in [6.07, 6.45) is 0. The lowest BCUT2D eigenvalue weighted by atomic mass is 10.1. The molecule has 0 fully saturated rings. The summed E-state index contributed by atoms with van der Waals surface area (Å²) in [5.41, 5.74) is 3.99. The Bertz CT molecular complexity index is 1250. The number of fused-ring (bicyclic) bond motifs is 1. The van der Waals surface area contributed by atoms with Crippen LogP contribution in [0.15, 0.2) is 39.5 Å². The highest BCUT2D eigenvalue weighted by Gasteiger charge is 2.19. The van der Waals surface area contributed by atoms with Gasteiger partial charge in [0.2, 0.25) is 5.89 Å². The van der Waals surface area contributed by atoms with E-state index < -0.39 is 0 Å². The van der Waals surface area contributed by atoms with Gasteiger partial charge in [0.25, 0.3) is 5.56 Å². The first-order chi connectivity index (χ1) is 13.4. The van der Waals surface area contributed by atoms with Crippen molar-refractivity contribution in [1.29, 1.82) is 0 Å². The Kier molecular flexibility index (Phi) is 4.30. The molecular weight excluding hydrogens is 356 g/mol. The molecule has 0 saturated carbocycles. The van der Waals surface area contributed by atoms with Crippen molar-refractivity contribution in [1.82, 2.24) is 19.3 Å². The third-order valence-electron chi connectivity index (χ3n) is 4.99. The molecule has 4 aromatic rings. The Balaban J connectivity index is 1.84. The number of aromatic nitrogens is 4. The average molecular weight is 378 g/mol. The Labute approximate surface area is 162 Å². The highest BCUT2D eigenvalue weighted by molar-refractivity contribution is 5.82. The number of pyridine rings is 1. The van der Waals surface area contributed by atoms with Gasteiger partial charge in [-0.1, -0.05) is 12.1 Å². The summed E-state index contributed by atoms with van der Waals surface area (Å²) < 4.78 is 14.7. The largest absolute Gasteiger partial charge is 0.496 e. The quantitative estimate of drug-likeness (QED) is 0.544. The van der Waals surface area contributed by atoms with Gasteiger partial charge in [-0.2, -0.15) is 5.10 Å². The van der Waals surface area contributed by atoms with Crippen molar-refractivity contribution in [2.45, 2.75) is 27.3 Å². The van der Waals surface area contributed by atoms with Crippen molar-refractivity contribution < 1.29 is 9.15 Å².